The van der Waals surface area contributed by atoms with Crippen LogP contribution in [0.1, 0.15) is 33.3 Å². The average molecular weight is 227 g/mol. The summed E-state index contributed by atoms with van der Waals surface area (Å²) in [5.41, 5.74) is 1.67. The molecule has 1 heterocycles. The van der Waals surface area contributed by atoms with Crippen molar-refractivity contribution in [2.24, 2.45) is 11.4 Å². The number of rotatable bonds is 2. The van der Waals surface area contributed by atoms with E-state index in [1.165, 1.54) is 0 Å². The van der Waals surface area contributed by atoms with Crippen molar-refractivity contribution in [1.82, 2.24) is 9.78 Å². The number of hydrogen-bond donors (Lipinski definition) is 0. The van der Waals surface area contributed by atoms with Gasteiger partial charge in [-0.05, 0) is 27.7 Å². The Morgan fingerprint density at radius 2 is 2.13 bits per heavy atom. The van der Waals surface area contributed by atoms with Crippen LogP contribution >= 0.6 is 0 Å². The molecule has 0 saturated carbocycles. The van der Waals surface area contributed by atoms with E-state index in [1.54, 1.807) is 10.9 Å². The van der Waals surface area contributed by atoms with Crippen LogP contribution in [-0.2, 0) is 18.4 Å². The number of hydrogen-bond acceptors (Lipinski definition) is 3. The minimum atomic E-state index is -1.21. The predicted octanol–water partition coefficient (Wildman–Crippen LogP) is 1.69. The fourth-order valence-corrected chi connectivity index (χ4v) is 1.55. The Morgan fingerprint density at radius 1 is 1.53 bits per heavy atom. The standard InChI is InChI=1S/C10H17N3OS/c1-8(9-6-11-13(5)7-9)12-15(14)10(2,3)4/h6-7H,1-5H3/b12-8-. The van der Waals surface area contributed by atoms with Gasteiger partial charge < -0.3 is 4.55 Å². The second-order valence-corrected chi connectivity index (χ2v) is 6.35. The minimum absolute atomic E-state index is 0.316. The molecule has 1 aromatic heterocycles. The van der Waals surface area contributed by atoms with Gasteiger partial charge >= 0.3 is 0 Å². The second kappa shape index (κ2) is 4.37. The highest BCUT2D eigenvalue weighted by atomic mass is 32.2. The lowest BCUT2D eigenvalue weighted by Gasteiger charge is -2.18. The van der Waals surface area contributed by atoms with Gasteiger partial charge in [0.05, 0.1) is 11.9 Å². The quantitative estimate of drug-likeness (QED) is 0.570. The Hall–Kier alpha value is -0.810. The maximum atomic E-state index is 11.8. The molecule has 1 aromatic rings. The molecule has 0 radical (unpaired) electrons. The van der Waals surface area contributed by atoms with E-state index >= 15 is 0 Å². The van der Waals surface area contributed by atoms with Gasteiger partial charge in [-0.1, -0.05) is 4.40 Å². The molecule has 5 heteroatoms. The summed E-state index contributed by atoms with van der Waals surface area (Å²) in [7, 11) is 1.84. The fourth-order valence-electron chi connectivity index (χ4n) is 0.922. The molecule has 0 saturated heterocycles. The van der Waals surface area contributed by atoms with Gasteiger partial charge in [0.1, 0.15) is 16.1 Å². The van der Waals surface area contributed by atoms with E-state index in [9.17, 15) is 4.55 Å². The van der Waals surface area contributed by atoms with Gasteiger partial charge in [-0.2, -0.15) is 5.10 Å². The first-order chi connectivity index (χ1) is 6.80. The first-order valence-electron chi connectivity index (χ1n) is 4.77. The van der Waals surface area contributed by atoms with E-state index in [0.717, 1.165) is 11.3 Å². The molecular formula is C10H17N3OS. The van der Waals surface area contributed by atoms with Gasteiger partial charge in [0.25, 0.3) is 0 Å². The Bertz CT molecular complexity index is 365. The minimum Gasteiger partial charge on any atom is -0.591 e. The molecule has 4 nitrogen and oxygen atoms in total. The van der Waals surface area contributed by atoms with E-state index in [2.05, 4.69) is 9.50 Å². The molecule has 0 fully saturated rings. The van der Waals surface area contributed by atoms with Crippen LogP contribution in [0, 0.1) is 0 Å². The molecule has 15 heavy (non-hydrogen) atoms. The summed E-state index contributed by atoms with van der Waals surface area (Å²) in [6.07, 6.45) is 3.58. The van der Waals surface area contributed by atoms with Crippen molar-refractivity contribution in [2.75, 3.05) is 0 Å². The molecule has 0 aromatic carbocycles. The van der Waals surface area contributed by atoms with Crippen molar-refractivity contribution >= 4 is 17.1 Å². The zero-order valence-electron chi connectivity index (χ0n) is 9.81. The summed E-state index contributed by atoms with van der Waals surface area (Å²) in [4.78, 5) is 0. The Kier molecular flexibility index (Phi) is 3.57. The largest absolute Gasteiger partial charge is 0.591 e. The summed E-state index contributed by atoms with van der Waals surface area (Å²) in [5, 5.41) is 4.04. The molecule has 1 rings (SSSR count). The van der Waals surface area contributed by atoms with Gasteiger partial charge in [-0.3, -0.25) is 4.68 Å². The van der Waals surface area contributed by atoms with E-state index < -0.39 is 11.4 Å². The van der Waals surface area contributed by atoms with E-state index in [0.29, 0.717) is 0 Å². The lowest BCUT2D eigenvalue weighted by atomic mass is 10.2. The molecule has 84 valence electrons. The lowest BCUT2D eigenvalue weighted by Crippen LogP contribution is -2.26. The number of aryl methyl sites for hydroxylation is 1. The van der Waals surface area contributed by atoms with Gasteiger partial charge in [0.15, 0.2) is 0 Å². The van der Waals surface area contributed by atoms with Crippen molar-refractivity contribution in [2.45, 2.75) is 32.4 Å². The van der Waals surface area contributed by atoms with Gasteiger partial charge in [-0.15, -0.1) is 0 Å². The second-order valence-electron chi connectivity index (χ2n) is 4.44. The highest BCUT2D eigenvalue weighted by molar-refractivity contribution is 7.91. The summed E-state index contributed by atoms with van der Waals surface area (Å²) < 4.78 is 17.3. The summed E-state index contributed by atoms with van der Waals surface area (Å²) in [6.45, 7) is 7.57. The van der Waals surface area contributed by atoms with Crippen LogP contribution in [0.25, 0.3) is 0 Å². The van der Waals surface area contributed by atoms with Crippen molar-refractivity contribution in [3.63, 3.8) is 0 Å². The molecule has 0 amide bonds. The van der Waals surface area contributed by atoms with Crippen molar-refractivity contribution in [3.8, 4) is 0 Å². The third-order valence-corrected chi connectivity index (χ3v) is 3.35. The topological polar surface area (TPSA) is 53.2 Å². The lowest BCUT2D eigenvalue weighted by molar-refractivity contribution is 0.561. The highest BCUT2D eigenvalue weighted by Gasteiger charge is 2.26. The zero-order chi connectivity index (χ0) is 11.6. The Balaban J connectivity index is 2.85. The molecule has 0 aliphatic rings. The van der Waals surface area contributed by atoms with E-state index in [1.807, 2.05) is 40.9 Å². The maximum absolute atomic E-state index is 11.8. The van der Waals surface area contributed by atoms with Crippen LogP contribution in [0.5, 0.6) is 0 Å². The molecular weight excluding hydrogens is 210 g/mol. The van der Waals surface area contributed by atoms with E-state index in [-0.39, 0.29) is 4.75 Å². The summed E-state index contributed by atoms with van der Waals surface area (Å²) in [6, 6.07) is 0. The van der Waals surface area contributed by atoms with Gasteiger partial charge in [0, 0.05) is 18.8 Å². The molecule has 1 unspecified atom stereocenters. The average Bonchev–Trinajstić information content (AvgIpc) is 2.50. The molecule has 0 N–H and O–H groups in total. The monoisotopic (exact) mass is 227 g/mol. The van der Waals surface area contributed by atoms with Gasteiger partial charge in [0.2, 0.25) is 0 Å². The maximum Gasteiger partial charge on any atom is 0.144 e. The molecule has 0 aliphatic carbocycles. The van der Waals surface area contributed by atoms with Crippen molar-refractivity contribution in [3.05, 3.63) is 18.0 Å². The first kappa shape index (κ1) is 12.3. The van der Waals surface area contributed by atoms with Crippen LogP contribution in [0.4, 0.5) is 0 Å². The third-order valence-electron chi connectivity index (χ3n) is 1.87. The molecule has 0 bridgehead atoms. The van der Waals surface area contributed by atoms with Crippen LogP contribution < -0.4 is 0 Å². The van der Waals surface area contributed by atoms with Crippen LogP contribution in [0.2, 0.25) is 0 Å². The SMILES string of the molecule is C/C(=N/[S+]([O-])C(C)(C)C)c1cnn(C)c1. The zero-order valence-corrected chi connectivity index (χ0v) is 10.6. The third kappa shape index (κ3) is 3.35. The highest BCUT2D eigenvalue weighted by Crippen LogP contribution is 2.18. The van der Waals surface area contributed by atoms with Crippen molar-refractivity contribution < 1.29 is 4.55 Å². The van der Waals surface area contributed by atoms with Crippen LogP contribution in [-0.4, -0.2) is 24.8 Å². The summed E-state index contributed by atoms with van der Waals surface area (Å²) in [5.74, 6) is 0. The van der Waals surface area contributed by atoms with E-state index in [4.69, 9.17) is 0 Å². The molecule has 0 spiro atoms. The van der Waals surface area contributed by atoms with Gasteiger partial charge in [-0.25, -0.2) is 0 Å². The summed E-state index contributed by atoms with van der Waals surface area (Å²) >= 11 is -1.21. The van der Waals surface area contributed by atoms with Crippen LogP contribution in [0.15, 0.2) is 16.8 Å². The predicted molar refractivity (Wildman–Crippen MR) is 63.3 cm³/mol. The fraction of sp³-hybridized carbons (Fsp3) is 0.600. The van der Waals surface area contributed by atoms with Crippen molar-refractivity contribution in [1.29, 1.82) is 0 Å². The Labute approximate surface area is 93.7 Å². The normalized spacial score (nSPS) is 15.5. The first-order valence-corrected chi connectivity index (χ1v) is 5.87. The Morgan fingerprint density at radius 3 is 2.53 bits per heavy atom. The molecule has 1 atom stereocenters. The van der Waals surface area contributed by atoms with Crippen LogP contribution in [0.3, 0.4) is 0 Å². The number of nitrogens with zero attached hydrogens (tertiary/aromatic N) is 3. The molecule has 0 aliphatic heterocycles. The smallest absolute Gasteiger partial charge is 0.144 e. The number of aromatic nitrogens is 2.